The molecule has 94 valence electrons. The van der Waals surface area contributed by atoms with Crippen molar-refractivity contribution in [3.63, 3.8) is 0 Å². The van der Waals surface area contributed by atoms with Gasteiger partial charge in [-0.25, -0.2) is 4.79 Å². The van der Waals surface area contributed by atoms with Gasteiger partial charge in [0.2, 0.25) is 5.91 Å². The van der Waals surface area contributed by atoms with Gasteiger partial charge in [-0.3, -0.25) is 4.79 Å². The van der Waals surface area contributed by atoms with Crippen molar-refractivity contribution >= 4 is 39.1 Å². The molecule has 0 spiro atoms. The first-order chi connectivity index (χ1) is 7.87. The summed E-state index contributed by atoms with van der Waals surface area (Å²) in [5, 5.41) is 11.6. The van der Waals surface area contributed by atoms with Gasteiger partial charge >= 0.3 is 5.97 Å². The van der Waals surface area contributed by atoms with Crippen LogP contribution in [0.4, 0.5) is 0 Å². The largest absolute Gasteiger partial charge is 0.480 e. The molecule has 1 aromatic rings. The number of thiophene rings is 1. The van der Waals surface area contributed by atoms with Crippen molar-refractivity contribution in [2.45, 2.75) is 32.2 Å². The molecule has 0 aliphatic heterocycles. The number of halogens is 1. The Labute approximate surface area is 112 Å². The average molecular weight is 320 g/mol. The summed E-state index contributed by atoms with van der Waals surface area (Å²) in [6, 6.07) is 3.71. The Kier molecular flexibility index (Phi) is 4.70. The Morgan fingerprint density at radius 2 is 2.18 bits per heavy atom. The molecule has 1 amide bonds. The Morgan fingerprint density at radius 3 is 2.59 bits per heavy atom. The number of hydrogen-bond acceptors (Lipinski definition) is 3. The smallest absolute Gasteiger partial charge is 0.329 e. The minimum absolute atomic E-state index is 0.207. The normalized spacial score (nSPS) is 14.1. The quantitative estimate of drug-likeness (QED) is 0.876. The number of carboxylic acid groups (broad SMARTS) is 1. The van der Waals surface area contributed by atoms with E-state index in [0.29, 0.717) is 6.42 Å². The van der Waals surface area contributed by atoms with E-state index in [9.17, 15) is 9.59 Å². The number of carbonyl (C=O) groups excluding carboxylic acids is 1. The Hall–Kier alpha value is -0.880. The zero-order chi connectivity index (χ0) is 13.1. The van der Waals surface area contributed by atoms with Gasteiger partial charge in [-0.05, 0) is 41.4 Å². The highest BCUT2D eigenvalue weighted by Gasteiger charge is 2.32. The van der Waals surface area contributed by atoms with Crippen molar-refractivity contribution in [2.75, 3.05) is 0 Å². The predicted octanol–water partition coefficient (Wildman–Crippen LogP) is 2.42. The van der Waals surface area contributed by atoms with E-state index >= 15 is 0 Å². The second-order valence-corrected chi connectivity index (χ2v) is 6.47. The highest BCUT2D eigenvalue weighted by atomic mass is 79.9. The number of hydrogen-bond donors (Lipinski definition) is 2. The van der Waals surface area contributed by atoms with Crippen LogP contribution in [0.15, 0.2) is 15.9 Å². The molecule has 0 saturated carbocycles. The SMILES string of the molecule is CCC(C)(NC(=O)Cc1ccc(Br)s1)C(=O)O. The van der Waals surface area contributed by atoms with Crippen molar-refractivity contribution in [3.05, 3.63) is 20.8 Å². The molecule has 0 aromatic carbocycles. The molecule has 1 rings (SSSR count). The molecule has 2 N–H and O–H groups in total. The topological polar surface area (TPSA) is 66.4 Å². The standard InChI is InChI=1S/C11H14BrNO3S/c1-3-11(2,10(15)16)13-9(14)6-7-4-5-8(12)17-7/h4-5H,3,6H2,1-2H3,(H,13,14)(H,15,16). The molecule has 0 fully saturated rings. The number of aliphatic carboxylic acids is 1. The third-order valence-corrected chi connectivity index (χ3v) is 4.18. The molecule has 1 unspecified atom stereocenters. The summed E-state index contributed by atoms with van der Waals surface area (Å²) in [7, 11) is 0. The average Bonchev–Trinajstić information content (AvgIpc) is 2.63. The first-order valence-corrected chi connectivity index (χ1v) is 6.77. The van der Waals surface area contributed by atoms with Crippen LogP contribution in [0, 0.1) is 0 Å². The fraction of sp³-hybridized carbons (Fsp3) is 0.455. The number of rotatable bonds is 5. The lowest BCUT2D eigenvalue weighted by Crippen LogP contribution is -2.52. The molecule has 1 aromatic heterocycles. The minimum Gasteiger partial charge on any atom is -0.480 e. The minimum atomic E-state index is -1.19. The summed E-state index contributed by atoms with van der Waals surface area (Å²) < 4.78 is 0.955. The van der Waals surface area contributed by atoms with Crippen LogP contribution < -0.4 is 5.32 Å². The molecular weight excluding hydrogens is 306 g/mol. The molecule has 6 heteroatoms. The number of nitrogens with one attached hydrogen (secondary N) is 1. The van der Waals surface area contributed by atoms with Crippen molar-refractivity contribution in [1.29, 1.82) is 0 Å². The van der Waals surface area contributed by atoms with Gasteiger partial charge in [-0.2, -0.15) is 0 Å². The van der Waals surface area contributed by atoms with Gasteiger partial charge in [0.25, 0.3) is 0 Å². The number of carboxylic acids is 1. The van der Waals surface area contributed by atoms with E-state index in [2.05, 4.69) is 21.2 Å². The van der Waals surface area contributed by atoms with Crippen LogP contribution in [0.25, 0.3) is 0 Å². The molecule has 0 saturated heterocycles. The summed E-state index contributed by atoms with van der Waals surface area (Å²) in [5.74, 6) is -1.29. The van der Waals surface area contributed by atoms with Crippen LogP contribution in [-0.4, -0.2) is 22.5 Å². The lowest BCUT2D eigenvalue weighted by atomic mass is 9.99. The zero-order valence-electron chi connectivity index (χ0n) is 9.62. The highest BCUT2D eigenvalue weighted by Crippen LogP contribution is 2.22. The Morgan fingerprint density at radius 1 is 1.53 bits per heavy atom. The van der Waals surface area contributed by atoms with Crippen LogP contribution in [0.5, 0.6) is 0 Å². The van der Waals surface area contributed by atoms with E-state index in [1.54, 1.807) is 6.92 Å². The van der Waals surface area contributed by atoms with E-state index in [1.165, 1.54) is 18.3 Å². The third kappa shape index (κ3) is 3.81. The van der Waals surface area contributed by atoms with E-state index < -0.39 is 11.5 Å². The monoisotopic (exact) mass is 319 g/mol. The van der Waals surface area contributed by atoms with Crippen LogP contribution in [0.1, 0.15) is 25.1 Å². The van der Waals surface area contributed by atoms with E-state index in [0.717, 1.165) is 8.66 Å². The van der Waals surface area contributed by atoms with Gasteiger partial charge in [0.1, 0.15) is 5.54 Å². The molecule has 1 atom stereocenters. The van der Waals surface area contributed by atoms with Crippen molar-refractivity contribution in [3.8, 4) is 0 Å². The number of amides is 1. The fourth-order valence-corrected chi connectivity index (χ4v) is 2.73. The van der Waals surface area contributed by atoms with E-state index in [-0.39, 0.29) is 12.3 Å². The highest BCUT2D eigenvalue weighted by molar-refractivity contribution is 9.11. The summed E-state index contributed by atoms with van der Waals surface area (Å²) in [6.45, 7) is 3.24. The lowest BCUT2D eigenvalue weighted by Gasteiger charge is -2.24. The maximum atomic E-state index is 11.7. The van der Waals surface area contributed by atoms with E-state index in [1.807, 2.05) is 12.1 Å². The van der Waals surface area contributed by atoms with Crippen molar-refractivity contribution < 1.29 is 14.7 Å². The van der Waals surface area contributed by atoms with Gasteiger partial charge in [0.05, 0.1) is 10.2 Å². The predicted molar refractivity (Wildman–Crippen MR) is 70.2 cm³/mol. The van der Waals surface area contributed by atoms with Crippen molar-refractivity contribution in [2.24, 2.45) is 0 Å². The van der Waals surface area contributed by atoms with Crippen LogP contribution in [0.3, 0.4) is 0 Å². The zero-order valence-corrected chi connectivity index (χ0v) is 12.0. The maximum absolute atomic E-state index is 11.7. The van der Waals surface area contributed by atoms with Gasteiger partial charge in [0.15, 0.2) is 0 Å². The Bertz CT molecular complexity index is 432. The molecule has 0 bridgehead atoms. The molecule has 0 aliphatic rings. The number of carbonyl (C=O) groups is 2. The van der Waals surface area contributed by atoms with Gasteiger partial charge < -0.3 is 10.4 Å². The molecule has 1 heterocycles. The summed E-state index contributed by atoms with van der Waals surface area (Å²) in [5.41, 5.74) is -1.19. The molecule has 0 radical (unpaired) electrons. The summed E-state index contributed by atoms with van der Waals surface area (Å²) >= 11 is 4.78. The molecule has 0 aliphatic carbocycles. The second kappa shape index (κ2) is 5.64. The van der Waals surface area contributed by atoms with Crippen LogP contribution in [0.2, 0.25) is 0 Å². The van der Waals surface area contributed by atoms with Gasteiger partial charge in [-0.15, -0.1) is 11.3 Å². The van der Waals surface area contributed by atoms with Gasteiger partial charge in [-0.1, -0.05) is 6.92 Å². The molecular formula is C11H14BrNO3S. The molecule has 17 heavy (non-hydrogen) atoms. The summed E-state index contributed by atoms with van der Waals surface area (Å²) in [6.07, 6.45) is 0.557. The van der Waals surface area contributed by atoms with Crippen molar-refractivity contribution in [1.82, 2.24) is 5.32 Å². The second-order valence-electron chi connectivity index (χ2n) is 3.92. The Balaban J connectivity index is 2.63. The van der Waals surface area contributed by atoms with Gasteiger partial charge in [0, 0.05) is 4.88 Å². The van der Waals surface area contributed by atoms with Crippen LogP contribution >= 0.6 is 27.3 Å². The fourth-order valence-electron chi connectivity index (χ4n) is 1.25. The first kappa shape index (κ1) is 14.2. The lowest BCUT2D eigenvalue weighted by molar-refractivity contribution is -0.146. The first-order valence-electron chi connectivity index (χ1n) is 5.16. The third-order valence-electron chi connectivity index (χ3n) is 2.56. The maximum Gasteiger partial charge on any atom is 0.329 e. The summed E-state index contributed by atoms with van der Waals surface area (Å²) in [4.78, 5) is 23.6. The molecule has 4 nitrogen and oxygen atoms in total. The van der Waals surface area contributed by atoms with E-state index in [4.69, 9.17) is 5.11 Å². The van der Waals surface area contributed by atoms with Crippen LogP contribution in [-0.2, 0) is 16.0 Å².